The van der Waals surface area contributed by atoms with Crippen LogP contribution in [0.3, 0.4) is 0 Å². The second kappa shape index (κ2) is 7.63. The third-order valence-corrected chi connectivity index (χ3v) is 5.45. The van der Waals surface area contributed by atoms with Crippen LogP contribution in [0.25, 0.3) is 0 Å². The molecule has 24 heavy (non-hydrogen) atoms. The van der Waals surface area contributed by atoms with Crippen LogP contribution in [-0.2, 0) is 0 Å². The van der Waals surface area contributed by atoms with Crippen LogP contribution < -0.4 is 10.1 Å². The summed E-state index contributed by atoms with van der Waals surface area (Å²) in [5.41, 5.74) is 1.98. The van der Waals surface area contributed by atoms with Gasteiger partial charge in [-0.3, -0.25) is 0 Å². The fourth-order valence-electron chi connectivity index (χ4n) is 2.06. The Balaban J connectivity index is 1.63. The van der Waals surface area contributed by atoms with Gasteiger partial charge >= 0.3 is 0 Å². The molecule has 0 aliphatic rings. The molecule has 0 saturated carbocycles. The van der Waals surface area contributed by atoms with E-state index in [1.165, 1.54) is 23.5 Å². The van der Waals surface area contributed by atoms with Gasteiger partial charge in [-0.05, 0) is 48.9 Å². The monoisotopic (exact) mass is 361 g/mol. The summed E-state index contributed by atoms with van der Waals surface area (Å²) in [6.45, 7) is 2.07. The van der Waals surface area contributed by atoms with E-state index in [-0.39, 0.29) is 11.1 Å². The third-order valence-electron chi connectivity index (χ3n) is 3.36. The van der Waals surface area contributed by atoms with Crippen molar-refractivity contribution in [2.75, 3.05) is 12.4 Å². The highest BCUT2D eigenvalue weighted by molar-refractivity contribution is 8.01. The summed E-state index contributed by atoms with van der Waals surface area (Å²) < 4.78 is 19.0. The highest BCUT2D eigenvalue weighted by Crippen LogP contribution is 2.37. The lowest BCUT2D eigenvalue weighted by atomic mass is 10.2. The minimum atomic E-state index is -0.224. The first kappa shape index (κ1) is 16.7. The molecule has 1 heterocycles. The van der Waals surface area contributed by atoms with Crippen LogP contribution in [0.5, 0.6) is 5.75 Å². The molecule has 0 amide bonds. The van der Waals surface area contributed by atoms with E-state index < -0.39 is 0 Å². The van der Waals surface area contributed by atoms with Crippen molar-refractivity contribution in [1.29, 1.82) is 0 Å². The van der Waals surface area contributed by atoms with Crippen LogP contribution in [0.4, 0.5) is 15.2 Å². The molecule has 124 valence electrons. The van der Waals surface area contributed by atoms with Crippen LogP contribution >= 0.6 is 23.1 Å². The molecule has 4 nitrogen and oxygen atoms in total. The number of methoxy groups -OCH3 is 1. The smallest absolute Gasteiger partial charge is 0.210 e. The standard InChI is InChI=1S/C17H16FN3OS2/c1-11(12-3-5-13(18)6-4-12)23-17-21-20-16(24-17)19-14-7-9-15(22-2)10-8-14/h3-11H,1-2H3,(H,19,20)/t11-/m0/s1. The Morgan fingerprint density at radius 3 is 2.46 bits per heavy atom. The van der Waals surface area contributed by atoms with Gasteiger partial charge in [0.25, 0.3) is 0 Å². The minimum absolute atomic E-state index is 0.174. The number of thioether (sulfide) groups is 1. The van der Waals surface area contributed by atoms with Gasteiger partial charge in [0.05, 0.1) is 7.11 Å². The summed E-state index contributed by atoms with van der Waals surface area (Å²) >= 11 is 3.09. The molecule has 7 heteroatoms. The molecule has 0 saturated heterocycles. The number of ether oxygens (including phenoxy) is 1. The van der Waals surface area contributed by atoms with E-state index in [9.17, 15) is 4.39 Å². The quantitative estimate of drug-likeness (QED) is 0.605. The number of hydrogen-bond acceptors (Lipinski definition) is 6. The largest absolute Gasteiger partial charge is 0.497 e. The SMILES string of the molecule is COc1ccc(Nc2nnc(S[C@@H](C)c3ccc(F)cc3)s2)cc1. The van der Waals surface area contributed by atoms with Crippen LogP contribution in [0.2, 0.25) is 0 Å². The van der Waals surface area contributed by atoms with Gasteiger partial charge in [0.1, 0.15) is 11.6 Å². The second-order valence-electron chi connectivity index (χ2n) is 5.04. The average Bonchev–Trinajstić information content (AvgIpc) is 3.03. The molecule has 1 aromatic heterocycles. The van der Waals surface area contributed by atoms with Crippen molar-refractivity contribution in [1.82, 2.24) is 10.2 Å². The van der Waals surface area contributed by atoms with Crippen LogP contribution in [0, 0.1) is 5.82 Å². The van der Waals surface area contributed by atoms with E-state index >= 15 is 0 Å². The van der Waals surface area contributed by atoms with Crippen molar-refractivity contribution in [3.8, 4) is 5.75 Å². The lowest BCUT2D eigenvalue weighted by Gasteiger charge is -2.08. The number of hydrogen-bond donors (Lipinski definition) is 1. The second-order valence-corrected chi connectivity index (χ2v) is 7.60. The lowest BCUT2D eigenvalue weighted by Crippen LogP contribution is -1.89. The van der Waals surface area contributed by atoms with E-state index in [1.54, 1.807) is 31.0 Å². The number of rotatable bonds is 6. The summed E-state index contributed by atoms with van der Waals surface area (Å²) in [7, 11) is 1.64. The third kappa shape index (κ3) is 4.24. The number of benzene rings is 2. The summed E-state index contributed by atoms with van der Waals surface area (Å²) in [5, 5.41) is 12.5. The van der Waals surface area contributed by atoms with Crippen molar-refractivity contribution in [3.63, 3.8) is 0 Å². The predicted molar refractivity (Wildman–Crippen MR) is 96.9 cm³/mol. The number of aromatic nitrogens is 2. The molecule has 1 atom stereocenters. The van der Waals surface area contributed by atoms with E-state index in [1.807, 2.05) is 24.3 Å². The average molecular weight is 361 g/mol. The van der Waals surface area contributed by atoms with Crippen molar-refractivity contribution in [2.24, 2.45) is 0 Å². The molecule has 1 N–H and O–H groups in total. The summed E-state index contributed by atoms with van der Waals surface area (Å²) in [6.07, 6.45) is 0. The summed E-state index contributed by atoms with van der Waals surface area (Å²) in [4.78, 5) is 0. The van der Waals surface area contributed by atoms with Gasteiger partial charge in [0, 0.05) is 10.9 Å². The number of nitrogens with zero attached hydrogens (tertiary/aromatic N) is 2. The molecule has 3 rings (SSSR count). The maximum atomic E-state index is 13.0. The van der Waals surface area contributed by atoms with E-state index in [0.717, 1.165) is 26.5 Å². The van der Waals surface area contributed by atoms with Crippen LogP contribution in [0.1, 0.15) is 17.7 Å². The fraction of sp³-hybridized carbons (Fsp3) is 0.176. The van der Waals surface area contributed by atoms with Crippen molar-refractivity contribution >= 4 is 33.9 Å². The van der Waals surface area contributed by atoms with Gasteiger partial charge in [-0.15, -0.1) is 10.2 Å². The Bertz CT molecular complexity index is 790. The van der Waals surface area contributed by atoms with Gasteiger partial charge < -0.3 is 10.1 Å². The minimum Gasteiger partial charge on any atom is -0.497 e. The highest BCUT2D eigenvalue weighted by atomic mass is 32.2. The first-order valence-corrected chi connectivity index (χ1v) is 9.00. The molecular weight excluding hydrogens is 345 g/mol. The molecule has 2 aromatic carbocycles. The van der Waals surface area contributed by atoms with E-state index in [0.29, 0.717) is 0 Å². The maximum Gasteiger partial charge on any atom is 0.210 e. The summed E-state index contributed by atoms with van der Waals surface area (Å²) in [6, 6.07) is 14.2. The van der Waals surface area contributed by atoms with Gasteiger partial charge in [-0.2, -0.15) is 0 Å². The van der Waals surface area contributed by atoms with E-state index in [2.05, 4.69) is 22.4 Å². The topological polar surface area (TPSA) is 47.0 Å². The molecular formula is C17H16FN3OS2. The normalized spacial score (nSPS) is 12.0. The number of nitrogens with one attached hydrogen (secondary N) is 1. The fourth-order valence-corrected chi connectivity index (χ4v) is 4.10. The first-order valence-electron chi connectivity index (χ1n) is 7.31. The van der Waals surface area contributed by atoms with Crippen molar-refractivity contribution in [2.45, 2.75) is 16.5 Å². The predicted octanol–water partition coefficient (Wildman–Crippen LogP) is 5.28. The van der Waals surface area contributed by atoms with Crippen LogP contribution in [0.15, 0.2) is 52.9 Å². The Morgan fingerprint density at radius 1 is 1.08 bits per heavy atom. The van der Waals surface area contributed by atoms with Gasteiger partial charge in [0.15, 0.2) is 4.34 Å². The zero-order valence-corrected chi connectivity index (χ0v) is 14.8. The Morgan fingerprint density at radius 2 is 1.79 bits per heavy atom. The molecule has 0 bridgehead atoms. The number of halogens is 1. The zero-order chi connectivity index (χ0) is 16.9. The lowest BCUT2D eigenvalue weighted by molar-refractivity contribution is 0.415. The Hall–Kier alpha value is -2.12. The van der Waals surface area contributed by atoms with E-state index in [4.69, 9.17) is 4.74 Å². The molecule has 0 aliphatic heterocycles. The first-order chi connectivity index (χ1) is 11.6. The highest BCUT2D eigenvalue weighted by Gasteiger charge is 2.12. The molecule has 0 unspecified atom stereocenters. The molecule has 0 radical (unpaired) electrons. The van der Waals surface area contributed by atoms with Crippen molar-refractivity contribution in [3.05, 3.63) is 59.9 Å². The van der Waals surface area contributed by atoms with Gasteiger partial charge in [-0.1, -0.05) is 35.2 Å². The van der Waals surface area contributed by atoms with Crippen molar-refractivity contribution < 1.29 is 9.13 Å². The Labute approximate surface area is 148 Å². The molecule has 0 fully saturated rings. The summed E-state index contributed by atoms with van der Waals surface area (Å²) in [5.74, 6) is 0.583. The van der Waals surface area contributed by atoms with Gasteiger partial charge in [0.2, 0.25) is 5.13 Å². The number of anilines is 2. The maximum absolute atomic E-state index is 13.0. The molecule has 3 aromatic rings. The van der Waals surface area contributed by atoms with Gasteiger partial charge in [-0.25, -0.2) is 4.39 Å². The zero-order valence-electron chi connectivity index (χ0n) is 13.2. The Kier molecular flexibility index (Phi) is 5.32. The molecule has 0 aliphatic carbocycles. The molecule has 0 spiro atoms. The van der Waals surface area contributed by atoms with Crippen LogP contribution in [-0.4, -0.2) is 17.3 Å².